The molecule has 0 unspecified atom stereocenters. The van der Waals surface area contributed by atoms with Gasteiger partial charge >= 0.3 is 0 Å². The van der Waals surface area contributed by atoms with Crippen molar-refractivity contribution in [2.24, 2.45) is 5.92 Å². The highest BCUT2D eigenvalue weighted by atomic mass is 35.5. The number of piperidine rings is 1. The molecule has 0 atom stereocenters. The lowest BCUT2D eigenvalue weighted by Gasteiger charge is -2.21. The van der Waals surface area contributed by atoms with E-state index in [0.29, 0.717) is 12.3 Å². The van der Waals surface area contributed by atoms with E-state index in [0.717, 1.165) is 37.4 Å². The molecule has 0 saturated carbocycles. The van der Waals surface area contributed by atoms with Crippen LogP contribution in [0.5, 0.6) is 0 Å². The third kappa shape index (κ3) is 5.49. The summed E-state index contributed by atoms with van der Waals surface area (Å²) in [6.45, 7) is 2.03. The van der Waals surface area contributed by atoms with Gasteiger partial charge in [0.15, 0.2) is 0 Å². The summed E-state index contributed by atoms with van der Waals surface area (Å²) < 4.78 is 1.82. The first-order valence-corrected chi connectivity index (χ1v) is 7.26. The molecule has 2 aromatic rings. The van der Waals surface area contributed by atoms with Gasteiger partial charge in [0.05, 0.1) is 11.9 Å². The highest BCUT2D eigenvalue weighted by molar-refractivity contribution is 5.90. The second kappa shape index (κ2) is 9.50. The molecular weight excluding hydrogens is 337 g/mol. The Morgan fingerprint density at radius 1 is 1.30 bits per heavy atom. The lowest BCUT2D eigenvalue weighted by Crippen LogP contribution is -2.30. The minimum Gasteiger partial charge on any atom is -0.325 e. The Bertz CT molecular complexity index is 582. The number of amides is 1. The van der Waals surface area contributed by atoms with Crippen LogP contribution in [0.1, 0.15) is 19.3 Å². The van der Waals surface area contributed by atoms with E-state index in [1.807, 2.05) is 22.9 Å². The zero-order chi connectivity index (χ0) is 14.5. The van der Waals surface area contributed by atoms with Crippen molar-refractivity contribution in [2.45, 2.75) is 19.3 Å². The normalized spacial score (nSPS) is 14.4. The maximum Gasteiger partial charge on any atom is 0.224 e. The van der Waals surface area contributed by atoms with Gasteiger partial charge < -0.3 is 10.6 Å². The molecule has 6 nitrogen and oxygen atoms in total. The lowest BCUT2D eigenvalue weighted by molar-refractivity contribution is -0.117. The third-order valence-corrected chi connectivity index (χ3v) is 3.73. The van der Waals surface area contributed by atoms with Crippen molar-refractivity contribution < 1.29 is 4.79 Å². The number of carbonyl (C=O) groups is 1. The van der Waals surface area contributed by atoms with Gasteiger partial charge in [-0.2, -0.15) is 0 Å². The summed E-state index contributed by atoms with van der Waals surface area (Å²) in [4.78, 5) is 20.3. The first-order chi connectivity index (χ1) is 10.3. The summed E-state index contributed by atoms with van der Waals surface area (Å²) in [7, 11) is 0. The molecule has 0 radical (unpaired) electrons. The van der Waals surface area contributed by atoms with Gasteiger partial charge in [0, 0.05) is 18.8 Å². The van der Waals surface area contributed by atoms with Gasteiger partial charge in [-0.1, -0.05) is 0 Å². The molecule has 8 heteroatoms. The van der Waals surface area contributed by atoms with Gasteiger partial charge in [-0.05, 0) is 44.0 Å². The molecular formula is C15H21Cl2N5O. The molecule has 1 fully saturated rings. The zero-order valence-corrected chi connectivity index (χ0v) is 14.3. The second-order valence-electron chi connectivity index (χ2n) is 5.32. The minimum absolute atomic E-state index is 0. The van der Waals surface area contributed by atoms with E-state index in [1.165, 1.54) is 0 Å². The maximum absolute atomic E-state index is 12.0. The van der Waals surface area contributed by atoms with Gasteiger partial charge in [0.1, 0.15) is 12.1 Å². The number of hydrogen-bond donors (Lipinski definition) is 2. The van der Waals surface area contributed by atoms with Crippen LogP contribution in [0, 0.1) is 5.92 Å². The third-order valence-electron chi connectivity index (χ3n) is 3.73. The highest BCUT2D eigenvalue weighted by Gasteiger charge is 2.16. The quantitative estimate of drug-likeness (QED) is 0.881. The Kier molecular flexibility index (Phi) is 8.02. The number of anilines is 1. The smallest absolute Gasteiger partial charge is 0.224 e. The molecule has 1 aliphatic heterocycles. The summed E-state index contributed by atoms with van der Waals surface area (Å²) in [5.41, 5.74) is 0.734. The molecule has 0 aliphatic carbocycles. The summed E-state index contributed by atoms with van der Waals surface area (Å²) in [5, 5.41) is 6.22. The Labute approximate surface area is 147 Å². The van der Waals surface area contributed by atoms with Crippen LogP contribution < -0.4 is 10.6 Å². The fourth-order valence-electron chi connectivity index (χ4n) is 2.57. The highest BCUT2D eigenvalue weighted by Crippen LogP contribution is 2.17. The van der Waals surface area contributed by atoms with Crippen molar-refractivity contribution in [1.29, 1.82) is 0 Å². The molecule has 1 saturated heterocycles. The van der Waals surface area contributed by atoms with Gasteiger partial charge in [-0.25, -0.2) is 9.97 Å². The van der Waals surface area contributed by atoms with Crippen LogP contribution in [-0.2, 0) is 4.79 Å². The molecule has 126 valence electrons. The van der Waals surface area contributed by atoms with Crippen LogP contribution in [0.15, 0.2) is 37.1 Å². The molecule has 2 aromatic heterocycles. The van der Waals surface area contributed by atoms with Crippen molar-refractivity contribution >= 4 is 36.4 Å². The summed E-state index contributed by atoms with van der Waals surface area (Å²) in [6, 6.07) is 3.73. The molecule has 0 spiro atoms. The van der Waals surface area contributed by atoms with E-state index in [2.05, 4.69) is 20.6 Å². The minimum atomic E-state index is 0. The van der Waals surface area contributed by atoms with E-state index < -0.39 is 0 Å². The van der Waals surface area contributed by atoms with Crippen LogP contribution in [0.3, 0.4) is 0 Å². The number of rotatable bonds is 4. The molecule has 0 aromatic carbocycles. The van der Waals surface area contributed by atoms with Gasteiger partial charge in [-0.3, -0.25) is 9.36 Å². The molecule has 3 heterocycles. The molecule has 2 N–H and O–H groups in total. The predicted molar refractivity (Wildman–Crippen MR) is 94.7 cm³/mol. The van der Waals surface area contributed by atoms with E-state index in [1.54, 1.807) is 18.7 Å². The molecule has 0 bridgehead atoms. The lowest BCUT2D eigenvalue weighted by atomic mass is 9.94. The van der Waals surface area contributed by atoms with Crippen LogP contribution in [0.4, 0.5) is 5.69 Å². The van der Waals surface area contributed by atoms with Crippen molar-refractivity contribution in [2.75, 3.05) is 18.4 Å². The average Bonchev–Trinajstić information content (AvgIpc) is 3.03. The Balaban J connectivity index is 0.00000132. The topological polar surface area (TPSA) is 71.8 Å². The first kappa shape index (κ1) is 19.4. The van der Waals surface area contributed by atoms with E-state index >= 15 is 0 Å². The standard InChI is InChI=1S/C15H19N5O.2ClH/c21-15(9-12-3-5-16-6-4-12)19-13-1-2-14(18-10-13)20-8-7-17-11-20;;/h1-2,7-8,10-12,16H,3-6,9H2,(H,19,21);2*1H. The van der Waals surface area contributed by atoms with Crippen molar-refractivity contribution in [3.63, 3.8) is 0 Å². The van der Waals surface area contributed by atoms with Crippen LogP contribution in [0.2, 0.25) is 0 Å². The number of nitrogens with one attached hydrogen (secondary N) is 2. The number of halogens is 2. The number of imidazole rings is 1. The molecule has 3 rings (SSSR count). The number of nitrogens with zero attached hydrogens (tertiary/aromatic N) is 3. The van der Waals surface area contributed by atoms with Crippen LogP contribution >= 0.6 is 24.8 Å². The largest absolute Gasteiger partial charge is 0.325 e. The first-order valence-electron chi connectivity index (χ1n) is 7.26. The SMILES string of the molecule is Cl.Cl.O=C(CC1CCNCC1)Nc1ccc(-n2ccnc2)nc1. The number of carbonyl (C=O) groups excluding carboxylic acids is 1. The predicted octanol–water partition coefficient (Wildman–Crippen LogP) is 2.44. The van der Waals surface area contributed by atoms with E-state index in [-0.39, 0.29) is 30.7 Å². The number of aromatic nitrogens is 3. The van der Waals surface area contributed by atoms with Gasteiger partial charge in [-0.15, -0.1) is 24.8 Å². The average molecular weight is 358 g/mol. The fraction of sp³-hybridized carbons (Fsp3) is 0.400. The number of pyridine rings is 1. The Morgan fingerprint density at radius 2 is 2.09 bits per heavy atom. The fourth-order valence-corrected chi connectivity index (χ4v) is 2.57. The summed E-state index contributed by atoms with van der Waals surface area (Å²) in [6.07, 6.45) is 9.64. The van der Waals surface area contributed by atoms with Gasteiger partial charge in [0.2, 0.25) is 5.91 Å². The molecule has 1 aliphatic rings. The van der Waals surface area contributed by atoms with Crippen molar-refractivity contribution in [3.05, 3.63) is 37.1 Å². The van der Waals surface area contributed by atoms with E-state index in [9.17, 15) is 4.79 Å². The Morgan fingerprint density at radius 3 is 2.70 bits per heavy atom. The summed E-state index contributed by atoms with van der Waals surface area (Å²) in [5.74, 6) is 1.34. The monoisotopic (exact) mass is 357 g/mol. The number of hydrogen-bond acceptors (Lipinski definition) is 4. The Hall–Kier alpha value is -1.63. The molecule has 1 amide bonds. The molecule has 23 heavy (non-hydrogen) atoms. The van der Waals surface area contributed by atoms with Crippen molar-refractivity contribution in [1.82, 2.24) is 19.9 Å². The summed E-state index contributed by atoms with van der Waals surface area (Å²) >= 11 is 0. The maximum atomic E-state index is 12.0. The van der Waals surface area contributed by atoms with Crippen LogP contribution in [-0.4, -0.2) is 33.5 Å². The van der Waals surface area contributed by atoms with Gasteiger partial charge in [0.25, 0.3) is 0 Å². The van der Waals surface area contributed by atoms with Crippen molar-refractivity contribution in [3.8, 4) is 5.82 Å². The van der Waals surface area contributed by atoms with E-state index in [4.69, 9.17) is 0 Å². The second-order valence-corrected chi connectivity index (χ2v) is 5.32. The zero-order valence-electron chi connectivity index (χ0n) is 12.6. The van der Waals surface area contributed by atoms with Crippen LogP contribution in [0.25, 0.3) is 5.82 Å².